The Hall–Kier alpha value is -3.47. The van der Waals surface area contributed by atoms with Crippen LogP contribution in [0.25, 0.3) is 16.8 Å². The van der Waals surface area contributed by atoms with Crippen LogP contribution in [0.15, 0.2) is 77.3 Å². The molecule has 5 rings (SSSR count). The first-order chi connectivity index (χ1) is 17.0. The molecule has 1 fully saturated rings. The summed E-state index contributed by atoms with van der Waals surface area (Å²) in [5.74, 6) is 1.90. The van der Waals surface area contributed by atoms with E-state index < -0.39 is 0 Å². The van der Waals surface area contributed by atoms with Crippen molar-refractivity contribution in [3.8, 4) is 11.1 Å². The predicted molar refractivity (Wildman–Crippen MR) is 144 cm³/mol. The molecule has 1 unspecified atom stereocenters. The molecule has 2 aromatic rings. The molecule has 0 saturated carbocycles. The van der Waals surface area contributed by atoms with E-state index in [-0.39, 0.29) is 23.0 Å². The second-order valence-corrected chi connectivity index (χ2v) is 11.3. The Kier molecular flexibility index (Phi) is 5.77. The van der Waals surface area contributed by atoms with Crippen molar-refractivity contribution in [3.05, 3.63) is 88.4 Å². The maximum absolute atomic E-state index is 12.0. The number of hydrogen-bond donors (Lipinski definition) is 1. The van der Waals surface area contributed by atoms with Crippen LogP contribution in [0.3, 0.4) is 0 Å². The molecule has 1 N–H and O–H groups in total. The highest BCUT2D eigenvalue weighted by atomic mass is 16.5. The molecule has 1 saturated heterocycles. The fraction of sp³-hybridized carbons (Fsp3) is 0.387. The minimum atomic E-state index is -0.245. The minimum Gasteiger partial charge on any atom is -0.493 e. The number of hydrogen-bond acceptors (Lipinski definition) is 4. The van der Waals surface area contributed by atoms with Gasteiger partial charge in [-0.1, -0.05) is 30.3 Å². The lowest BCUT2D eigenvalue weighted by Crippen LogP contribution is -2.45. The second kappa shape index (κ2) is 8.58. The van der Waals surface area contributed by atoms with Gasteiger partial charge in [-0.25, -0.2) is 0 Å². The zero-order valence-electron chi connectivity index (χ0n) is 22.4. The smallest absolute Gasteiger partial charge is 0.251 e. The number of methoxy groups -OCH3 is 1. The van der Waals surface area contributed by atoms with Crippen LogP contribution in [0.2, 0.25) is 0 Å². The maximum atomic E-state index is 12.0. The summed E-state index contributed by atoms with van der Waals surface area (Å²) in [5.41, 5.74) is 7.69. The number of benzene rings is 2. The summed E-state index contributed by atoms with van der Waals surface area (Å²) in [6.45, 7) is 8.91. The van der Waals surface area contributed by atoms with E-state index in [4.69, 9.17) is 9.47 Å². The first kappa shape index (κ1) is 24.2. The van der Waals surface area contributed by atoms with Crippen LogP contribution in [0.5, 0.6) is 0 Å². The molecule has 1 aliphatic carbocycles. The average Bonchev–Trinajstić information content (AvgIpc) is 3.19. The van der Waals surface area contributed by atoms with Gasteiger partial charge in [0.25, 0.3) is 5.91 Å². The fourth-order valence-electron chi connectivity index (χ4n) is 5.83. The van der Waals surface area contributed by atoms with Gasteiger partial charge in [-0.15, -0.1) is 0 Å². The van der Waals surface area contributed by atoms with Crippen LogP contribution in [-0.2, 0) is 9.47 Å². The zero-order valence-corrected chi connectivity index (χ0v) is 22.4. The molecule has 1 atom stereocenters. The Labute approximate surface area is 214 Å². The summed E-state index contributed by atoms with van der Waals surface area (Å²) >= 11 is 0. The molecule has 0 spiro atoms. The molecule has 5 heteroatoms. The van der Waals surface area contributed by atoms with Crippen LogP contribution in [0.4, 0.5) is 0 Å². The molecule has 2 aliphatic heterocycles. The van der Waals surface area contributed by atoms with Crippen molar-refractivity contribution in [1.29, 1.82) is 0 Å². The van der Waals surface area contributed by atoms with Crippen molar-refractivity contribution in [2.24, 2.45) is 5.92 Å². The van der Waals surface area contributed by atoms with Crippen LogP contribution in [0, 0.1) is 5.92 Å². The van der Waals surface area contributed by atoms with Crippen LogP contribution in [-0.4, -0.2) is 43.2 Å². The number of carbonyl (C=O) groups is 1. The molecule has 2 aromatic carbocycles. The Bertz CT molecular complexity index is 1310. The number of nitrogens with one attached hydrogen (secondary N) is 1. The summed E-state index contributed by atoms with van der Waals surface area (Å²) in [4.78, 5) is 14.4. The number of nitrogens with zero attached hydrogens (tertiary/aromatic N) is 1. The fourth-order valence-corrected chi connectivity index (χ4v) is 5.83. The van der Waals surface area contributed by atoms with E-state index in [1.165, 1.54) is 22.4 Å². The van der Waals surface area contributed by atoms with E-state index in [1.54, 1.807) is 14.2 Å². The first-order valence-corrected chi connectivity index (χ1v) is 12.6. The normalized spacial score (nSPS) is 21.9. The van der Waals surface area contributed by atoms with E-state index in [1.807, 2.05) is 24.3 Å². The molecule has 0 radical (unpaired) electrons. The standard InChI is InChI=1S/C31H36N2O3/c1-30(2)17-23-16-25(35-7)28-24(18-31(3,4)36-28)26(23)27(33(30)6)22-10-8-9-21(15-22)19-11-13-20(14-12-19)29(34)32-5/h8-16,24H,17-18H2,1-7H3,(H,32,34). The number of ether oxygens (including phenoxy) is 2. The van der Waals surface area contributed by atoms with Crippen molar-refractivity contribution in [1.82, 2.24) is 10.2 Å². The quantitative estimate of drug-likeness (QED) is 0.565. The summed E-state index contributed by atoms with van der Waals surface area (Å²) in [6.07, 6.45) is 4.05. The summed E-state index contributed by atoms with van der Waals surface area (Å²) in [6, 6.07) is 16.5. The number of allylic oxidation sites excluding steroid dienone is 2. The summed E-state index contributed by atoms with van der Waals surface area (Å²) in [7, 11) is 5.59. The number of rotatable bonds is 4. The third-order valence-electron chi connectivity index (χ3n) is 7.83. The number of carbonyl (C=O) groups excluding carboxylic acids is 1. The molecule has 1 amide bonds. The molecular weight excluding hydrogens is 448 g/mol. The van der Waals surface area contributed by atoms with Crippen LogP contribution < -0.4 is 5.32 Å². The molecule has 0 bridgehead atoms. The van der Waals surface area contributed by atoms with Crippen molar-refractivity contribution in [3.63, 3.8) is 0 Å². The molecule has 2 heterocycles. The van der Waals surface area contributed by atoms with Gasteiger partial charge in [0, 0.05) is 37.3 Å². The topological polar surface area (TPSA) is 50.8 Å². The van der Waals surface area contributed by atoms with Crippen molar-refractivity contribution in [2.75, 3.05) is 21.2 Å². The van der Waals surface area contributed by atoms with Crippen molar-refractivity contribution in [2.45, 2.75) is 51.7 Å². The van der Waals surface area contributed by atoms with Gasteiger partial charge in [-0.2, -0.15) is 0 Å². The average molecular weight is 485 g/mol. The largest absolute Gasteiger partial charge is 0.493 e. The highest BCUT2D eigenvalue weighted by Gasteiger charge is 2.48. The van der Waals surface area contributed by atoms with Gasteiger partial charge in [-0.3, -0.25) is 4.79 Å². The molecule has 36 heavy (non-hydrogen) atoms. The van der Waals surface area contributed by atoms with Gasteiger partial charge in [0.15, 0.2) is 5.76 Å². The Morgan fingerprint density at radius 1 is 1.06 bits per heavy atom. The van der Waals surface area contributed by atoms with Gasteiger partial charge in [0.1, 0.15) is 11.4 Å². The van der Waals surface area contributed by atoms with Gasteiger partial charge < -0.3 is 19.7 Å². The molecule has 3 aliphatic rings. The number of amides is 1. The monoisotopic (exact) mass is 484 g/mol. The van der Waals surface area contributed by atoms with Crippen LogP contribution >= 0.6 is 0 Å². The van der Waals surface area contributed by atoms with E-state index in [2.05, 4.69) is 75.3 Å². The van der Waals surface area contributed by atoms with Gasteiger partial charge in [0.05, 0.1) is 13.0 Å². The lowest BCUT2D eigenvalue weighted by Gasteiger charge is -2.47. The third kappa shape index (κ3) is 4.01. The van der Waals surface area contributed by atoms with Crippen molar-refractivity contribution >= 4 is 11.6 Å². The van der Waals surface area contributed by atoms with E-state index in [9.17, 15) is 4.79 Å². The Morgan fingerprint density at radius 2 is 1.75 bits per heavy atom. The summed E-state index contributed by atoms with van der Waals surface area (Å²) < 4.78 is 12.2. The van der Waals surface area contributed by atoms with E-state index >= 15 is 0 Å². The van der Waals surface area contributed by atoms with E-state index in [0.29, 0.717) is 5.56 Å². The van der Waals surface area contributed by atoms with Gasteiger partial charge in [-0.05, 0) is 86.2 Å². The Morgan fingerprint density at radius 3 is 2.42 bits per heavy atom. The molecule has 188 valence electrons. The summed E-state index contributed by atoms with van der Waals surface area (Å²) in [5, 5.41) is 2.68. The molecular formula is C31H36N2O3. The van der Waals surface area contributed by atoms with Gasteiger partial charge >= 0.3 is 0 Å². The maximum Gasteiger partial charge on any atom is 0.251 e. The molecule has 0 aromatic heterocycles. The number of fused-ring (bicyclic) bond motifs is 3. The van der Waals surface area contributed by atoms with E-state index in [0.717, 1.165) is 35.5 Å². The SMILES string of the molecule is CNC(=O)c1ccc(-c2cccc(C3=C4C(=CC(OC)=C5OC(C)(C)CC54)CC(C)(C)N3C)c2)cc1. The lowest BCUT2D eigenvalue weighted by molar-refractivity contribution is 0.0678. The van der Waals surface area contributed by atoms with Crippen LogP contribution in [0.1, 0.15) is 56.5 Å². The first-order valence-electron chi connectivity index (χ1n) is 12.6. The lowest BCUT2D eigenvalue weighted by atomic mass is 9.73. The highest BCUT2D eigenvalue weighted by molar-refractivity contribution is 5.94. The van der Waals surface area contributed by atoms with Gasteiger partial charge in [0.2, 0.25) is 0 Å². The second-order valence-electron chi connectivity index (χ2n) is 11.3. The zero-order chi connectivity index (χ0) is 25.8. The highest BCUT2D eigenvalue weighted by Crippen LogP contribution is 2.54. The predicted octanol–water partition coefficient (Wildman–Crippen LogP) is 6.15. The van der Waals surface area contributed by atoms with Crippen molar-refractivity contribution < 1.29 is 14.3 Å². The third-order valence-corrected chi connectivity index (χ3v) is 7.83. The minimum absolute atomic E-state index is 0.0544. The Balaban J connectivity index is 1.65. The molecule has 5 nitrogen and oxygen atoms in total.